The van der Waals surface area contributed by atoms with E-state index in [4.69, 9.17) is 9.62 Å². The lowest BCUT2D eigenvalue weighted by Gasteiger charge is -2.46. The molecule has 164 valence electrons. The maximum absolute atomic E-state index is 12.9. The summed E-state index contributed by atoms with van der Waals surface area (Å²) in [5, 5.41) is 9.72. The molecule has 5 nitrogen and oxygen atoms in total. The molecule has 2 aromatic rings. The summed E-state index contributed by atoms with van der Waals surface area (Å²) in [6.45, 7) is 4.34. The predicted molar refractivity (Wildman–Crippen MR) is 125 cm³/mol. The van der Waals surface area contributed by atoms with Gasteiger partial charge < -0.3 is 4.74 Å². The first kappa shape index (κ1) is 23.7. The second-order valence-electron chi connectivity index (χ2n) is 8.50. The highest BCUT2D eigenvalue weighted by molar-refractivity contribution is 14.1. The molecule has 0 saturated heterocycles. The van der Waals surface area contributed by atoms with Gasteiger partial charge in [-0.05, 0) is 56.7 Å². The zero-order valence-electron chi connectivity index (χ0n) is 17.3. The molecule has 1 fully saturated rings. The van der Waals surface area contributed by atoms with Gasteiger partial charge in [0.1, 0.15) is 5.60 Å². The fraction of sp³-hybridized carbons (Fsp3) is 0.478. The minimum Gasteiger partial charge on any atom is -0.370 e. The number of ether oxygens (including phenoxy) is 1. The third kappa shape index (κ3) is 5.43. The Balaban J connectivity index is 1.69. The van der Waals surface area contributed by atoms with Crippen molar-refractivity contribution >= 4 is 32.4 Å². The summed E-state index contributed by atoms with van der Waals surface area (Å²) in [5.74, 6) is -0.368. The molecular weight excluding hydrogens is 515 g/mol. The van der Waals surface area contributed by atoms with Crippen molar-refractivity contribution in [3.63, 3.8) is 0 Å². The molecule has 0 spiro atoms. The smallest absolute Gasteiger partial charge is 0.181 e. The molecule has 3 rings (SSSR count). The number of hydrogen-bond donors (Lipinski definition) is 1. The first-order valence-corrected chi connectivity index (χ1v) is 13.0. The lowest BCUT2D eigenvalue weighted by molar-refractivity contribution is -0.328. The maximum Gasteiger partial charge on any atom is 0.181 e. The largest absolute Gasteiger partial charge is 0.370 e. The highest BCUT2D eigenvalue weighted by atomic mass is 127. The molecule has 0 aliphatic heterocycles. The Bertz CT molecular complexity index is 921. The molecule has 3 unspecified atom stereocenters. The van der Waals surface area contributed by atoms with Gasteiger partial charge >= 0.3 is 0 Å². The van der Waals surface area contributed by atoms with Crippen LogP contribution >= 0.6 is 22.6 Å². The highest BCUT2D eigenvalue weighted by Gasteiger charge is 2.48. The van der Waals surface area contributed by atoms with Crippen LogP contribution in [0.3, 0.4) is 0 Å². The Morgan fingerprint density at radius 1 is 1.13 bits per heavy atom. The van der Waals surface area contributed by atoms with E-state index in [1.165, 1.54) is 0 Å². The third-order valence-electron chi connectivity index (χ3n) is 6.21. The molecule has 7 heteroatoms. The summed E-state index contributed by atoms with van der Waals surface area (Å²) in [7, 11) is -3.59. The molecule has 0 radical (unpaired) electrons. The minimum absolute atomic E-state index is 0.101. The van der Waals surface area contributed by atoms with Crippen LogP contribution in [0.4, 0.5) is 0 Å². The van der Waals surface area contributed by atoms with Crippen LogP contribution in [0.15, 0.2) is 65.6 Å². The van der Waals surface area contributed by atoms with Crippen molar-refractivity contribution in [3.8, 4) is 0 Å². The Labute approximate surface area is 192 Å². The fourth-order valence-electron chi connectivity index (χ4n) is 4.08. The Kier molecular flexibility index (Phi) is 7.61. The normalized spacial score (nSPS) is 26.8. The van der Waals surface area contributed by atoms with Gasteiger partial charge in [0.05, 0.1) is 22.9 Å². The summed E-state index contributed by atoms with van der Waals surface area (Å²) >= 11 is 2.39. The molecule has 1 saturated carbocycles. The summed E-state index contributed by atoms with van der Waals surface area (Å²) < 4.78 is 32.3. The molecule has 4 atom stereocenters. The van der Waals surface area contributed by atoms with Gasteiger partial charge in [-0.2, -0.15) is 0 Å². The van der Waals surface area contributed by atoms with E-state index in [-0.39, 0.29) is 26.1 Å². The average Bonchev–Trinajstić information content (AvgIpc) is 2.75. The van der Waals surface area contributed by atoms with Gasteiger partial charge in [-0.1, -0.05) is 71.1 Å². The molecule has 1 aliphatic carbocycles. The molecule has 30 heavy (non-hydrogen) atoms. The van der Waals surface area contributed by atoms with Crippen LogP contribution in [-0.2, 0) is 26.1 Å². The second-order valence-corrected chi connectivity index (χ2v) is 12.0. The molecule has 1 aliphatic rings. The lowest BCUT2D eigenvalue weighted by atomic mass is 9.73. The van der Waals surface area contributed by atoms with Gasteiger partial charge in [-0.15, -0.1) is 0 Å². The van der Waals surface area contributed by atoms with E-state index >= 15 is 0 Å². The van der Waals surface area contributed by atoms with Crippen molar-refractivity contribution in [1.29, 1.82) is 0 Å². The third-order valence-corrected chi connectivity index (χ3v) is 9.98. The number of rotatable bonds is 8. The number of sulfone groups is 1. The molecule has 1 N–H and O–H groups in total. The SMILES string of the molecule is CC1(OCc2ccccc2)CCC([C@@](C)(CS(=O)(=O)c2ccccc2)OO)CC1I. The number of halogens is 1. The summed E-state index contributed by atoms with van der Waals surface area (Å²) in [6.07, 6.45) is 2.18. The first-order chi connectivity index (χ1) is 14.2. The first-order valence-electron chi connectivity index (χ1n) is 10.1. The summed E-state index contributed by atoms with van der Waals surface area (Å²) in [6, 6.07) is 18.4. The molecular formula is C23H29IO5S. The predicted octanol–water partition coefficient (Wildman–Crippen LogP) is 5.29. The van der Waals surface area contributed by atoms with E-state index in [1.54, 1.807) is 37.3 Å². The van der Waals surface area contributed by atoms with Crippen molar-refractivity contribution in [2.75, 3.05) is 5.75 Å². The number of hydrogen-bond acceptors (Lipinski definition) is 5. The maximum atomic E-state index is 12.9. The van der Waals surface area contributed by atoms with Gasteiger partial charge in [0.2, 0.25) is 0 Å². The molecule has 0 bridgehead atoms. The second kappa shape index (κ2) is 9.65. The van der Waals surface area contributed by atoms with Crippen LogP contribution in [0.2, 0.25) is 0 Å². The monoisotopic (exact) mass is 544 g/mol. The zero-order valence-corrected chi connectivity index (χ0v) is 20.3. The number of benzene rings is 2. The number of alkyl halides is 1. The van der Waals surface area contributed by atoms with Crippen molar-refractivity contribution in [2.45, 2.75) is 59.7 Å². The Hall–Kier alpha value is -1.000. The topological polar surface area (TPSA) is 72.8 Å². The molecule has 2 aromatic carbocycles. The summed E-state index contributed by atoms with van der Waals surface area (Å²) in [4.78, 5) is 5.10. The van der Waals surface area contributed by atoms with E-state index in [0.717, 1.165) is 12.0 Å². The van der Waals surface area contributed by atoms with E-state index in [9.17, 15) is 13.7 Å². The van der Waals surface area contributed by atoms with Crippen LogP contribution in [0, 0.1) is 5.92 Å². The van der Waals surface area contributed by atoms with Crippen LogP contribution in [0.5, 0.6) is 0 Å². The molecule has 0 aromatic heterocycles. The highest BCUT2D eigenvalue weighted by Crippen LogP contribution is 2.45. The van der Waals surface area contributed by atoms with Crippen molar-refractivity contribution in [2.24, 2.45) is 5.92 Å². The standard InChI is InChI=1S/C23H29IO5S/c1-22(28-16-18-9-5-3-6-10-18)14-13-19(15-21(22)24)23(2,29-25)17-30(26,27)20-11-7-4-8-12-20/h3-12,19,21,25H,13-17H2,1-2H3/t19?,21?,22?,23-/m1/s1. The van der Waals surface area contributed by atoms with Gasteiger partial charge in [0.25, 0.3) is 0 Å². The van der Waals surface area contributed by atoms with Gasteiger partial charge in [-0.3, -0.25) is 5.26 Å². The van der Waals surface area contributed by atoms with E-state index < -0.39 is 15.4 Å². The molecule has 0 amide bonds. The van der Waals surface area contributed by atoms with Gasteiger partial charge in [-0.25, -0.2) is 13.3 Å². The zero-order chi connectivity index (χ0) is 21.8. The van der Waals surface area contributed by atoms with Crippen molar-refractivity contribution in [1.82, 2.24) is 0 Å². The Morgan fingerprint density at radius 3 is 2.30 bits per heavy atom. The Morgan fingerprint density at radius 2 is 1.73 bits per heavy atom. The van der Waals surface area contributed by atoms with Gasteiger partial charge in [0, 0.05) is 3.92 Å². The quantitative estimate of drug-likeness (QED) is 0.212. The van der Waals surface area contributed by atoms with E-state index in [2.05, 4.69) is 29.5 Å². The van der Waals surface area contributed by atoms with Crippen LogP contribution in [0.1, 0.15) is 38.7 Å². The average molecular weight is 544 g/mol. The minimum atomic E-state index is -3.59. The summed E-state index contributed by atoms with van der Waals surface area (Å²) in [5.41, 5.74) is -0.373. The van der Waals surface area contributed by atoms with Gasteiger partial charge in [0.15, 0.2) is 9.84 Å². The van der Waals surface area contributed by atoms with Crippen molar-refractivity contribution < 1.29 is 23.3 Å². The van der Waals surface area contributed by atoms with Crippen LogP contribution < -0.4 is 0 Å². The van der Waals surface area contributed by atoms with Crippen molar-refractivity contribution in [3.05, 3.63) is 66.2 Å². The fourth-order valence-corrected chi connectivity index (χ4v) is 6.97. The van der Waals surface area contributed by atoms with Crippen LogP contribution in [-0.4, -0.2) is 34.6 Å². The van der Waals surface area contributed by atoms with Crippen LogP contribution in [0.25, 0.3) is 0 Å². The van der Waals surface area contributed by atoms with E-state index in [0.29, 0.717) is 19.4 Å². The lowest BCUT2D eigenvalue weighted by Crippen LogP contribution is -2.51. The molecule has 0 heterocycles. The van der Waals surface area contributed by atoms with E-state index in [1.807, 2.05) is 30.3 Å².